The number of hydrogen-bond acceptors (Lipinski definition) is 4. The summed E-state index contributed by atoms with van der Waals surface area (Å²) in [6.45, 7) is 4.02. The molecule has 6 heteroatoms. The Bertz CT molecular complexity index is 715. The summed E-state index contributed by atoms with van der Waals surface area (Å²) in [6.07, 6.45) is 3.97. The number of carbonyl (C=O) groups is 2. The van der Waals surface area contributed by atoms with Gasteiger partial charge in [0, 0.05) is 12.6 Å². The number of fused-ring (bicyclic) bond motifs is 2. The lowest BCUT2D eigenvalue weighted by atomic mass is 9.76. The Morgan fingerprint density at radius 3 is 2.84 bits per heavy atom. The van der Waals surface area contributed by atoms with Crippen LogP contribution in [0.5, 0.6) is 0 Å². The molecule has 1 aliphatic rings. The lowest BCUT2D eigenvalue weighted by molar-refractivity contribution is 0.0698. The molecule has 0 unspecified atom stereocenters. The van der Waals surface area contributed by atoms with Crippen LogP contribution in [0.25, 0.3) is 5.65 Å². The number of rotatable bonds is 1. The van der Waals surface area contributed by atoms with Crippen molar-refractivity contribution in [3.63, 3.8) is 0 Å². The van der Waals surface area contributed by atoms with E-state index in [-0.39, 0.29) is 22.4 Å². The zero-order chi connectivity index (χ0) is 13.8. The van der Waals surface area contributed by atoms with Crippen molar-refractivity contribution in [1.29, 1.82) is 0 Å². The van der Waals surface area contributed by atoms with Crippen LogP contribution in [-0.2, 0) is 6.42 Å². The minimum absolute atomic E-state index is 0.0352. The van der Waals surface area contributed by atoms with Crippen molar-refractivity contribution in [2.45, 2.75) is 26.7 Å². The van der Waals surface area contributed by atoms with Gasteiger partial charge >= 0.3 is 5.97 Å². The van der Waals surface area contributed by atoms with E-state index in [9.17, 15) is 9.59 Å². The van der Waals surface area contributed by atoms with Crippen molar-refractivity contribution in [3.8, 4) is 0 Å². The fourth-order valence-corrected chi connectivity index (χ4v) is 2.51. The lowest BCUT2D eigenvalue weighted by Gasteiger charge is -2.29. The maximum absolute atomic E-state index is 12.1. The van der Waals surface area contributed by atoms with Crippen molar-refractivity contribution in [2.75, 3.05) is 0 Å². The van der Waals surface area contributed by atoms with Gasteiger partial charge in [-0.15, -0.1) is 0 Å². The van der Waals surface area contributed by atoms with E-state index in [1.807, 2.05) is 13.8 Å². The average molecular weight is 259 g/mol. The Kier molecular flexibility index (Phi) is 2.26. The van der Waals surface area contributed by atoms with Crippen LogP contribution in [0.3, 0.4) is 0 Å². The van der Waals surface area contributed by atoms with E-state index in [2.05, 4.69) is 10.1 Å². The molecule has 0 radical (unpaired) electrons. The zero-order valence-electron chi connectivity index (χ0n) is 10.7. The molecule has 0 aromatic carbocycles. The largest absolute Gasteiger partial charge is 0.477 e. The fourth-order valence-electron chi connectivity index (χ4n) is 2.51. The summed E-state index contributed by atoms with van der Waals surface area (Å²) >= 11 is 0. The first kappa shape index (κ1) is 11.8. The molecule has 0 fully saturated rings. The molecule has 19 heavy (non-hydrogen) atoms. The molecule has 0 bridgehead atoms. The maximum atomic E-state index is 12.1. The molecule has 2 aromatic rings. The van der Waals surface area contributed by atoms with Crippen LogP contribution in [0, 0.1) is 5.41 Å². The third kappa shape index (κ3) is 1.80. The van der Waals surface area contributed by atoms with Gasteiger partial charge in [-0.1, -0.05) is 13.8 Å². The second-order valence-electron chi connectivity index (χ2n) is 5.67. The van der Waals surface area contributed by atoms with Gasteiger partial charge in [0.1, 0.15) is 5.56 Å². The van der Waals surface area contributed by atoms with Crippen molar-refractivity contribution >= 4 is 17.4 Å². The quantitative estimate of drug-likeness (QED) is 0.840. The summed E-state index contributed by atoms with van der Waals surface area (Å²) < 4.78 is 1.36. The Morgan fingerprint density at radius 2 is 2.16 bits per heavy atom. The van der Waals surface area contributed by atoms with Crippen LogP contribution >= 0.6 is 0 Å². The molecule has 6 nitrogen and oxygen atoms in total. The van der Waals surface area contributed by atoms with E-state index in [0.717, 1.165) is 0 Å². The zero-order valence-corrected chi connectivity index (χ0v) is 10.7. The summed E-state index contributed by atoms with van der Waals surface area (Å²) in [5.41, 5.74) is 1.41. The summed E-state index contributed by atoms with van der Waals surface area (Å²) in [5, 5.41) is 13.0. The lowest BCUT2D eigenvalue weighted by Crippen LogP contribution is -2.28. The van der Waals surface area contributed by atoms with Crippen LogP contribution in [0.2, 0.25) is 0 Å². The molecule has 1 aliphatic carbocycles. The highest BCUT2D eigenvalue weighted by molar-refractivity contribution is 5.99. The summed E-state index contributed by atoms with van der Waals surface area (Å²) in [7, 11) is 0. The molecular weight excluding hydrogens is 246 g/mol. The molecule has 0 saturated heterocycles. The minimum atomic E-state index is -1.07. The SMILES string of the molecule is CC1(C)CC(=O)c2cn3ncc(C(=O)O)c3nc2C1. The van der Waals surface area contributed by atoms with E-state index in [1.165, 1.54) is 10.7 Å². The van der Waals surface area contributed by atoms with E-state index >= 15 is 0 Å². The molecule has 0 saturated carbocycles. The van der Waals surface area contributed by atoms with Crippen LogP contribution in [0.4, 0.5) is 0 Å². The number of nitrogens with zero attached hydrogens (tertiary/aromatic N) is 3. The van der Waals surface area contributed by atoms with Gasteiger partial charge in [-0.2, -0.15) is 5.10 Å². The van der Waals surface area contributed by atoms with Gasteiger partial charge in [-0.05, 0) is 11.8 Å². The number of carbonyl (C=O) groups excluding carboxylic acids is 1. The Hall–Kier alpha value is -2.24. The maximum Gasteiger partial charge on any atom is 0.341 e. The molecule has 0 atom stereocenters. The van der Waals surface area contributed by atoms with Gasteiger partial charge in [-0.25, -0.2) is 14.3 Å². The van der Waals surface area contributed by atoms with Gasteiger partial charge in [0.25, 0.3) is 0 Å². The van der Waals surface area contributed by atoms with Gasteiger partial charge in [0.2, 0.25) is 0 Å². The first-order valence-electron chi connectivity index (χ1n) is 6.01. The van der Waals surface area contributed by atoms with Gasteiger partial charge in [-0.3, -0.25) is 4.79 Å². The van der Waals surface area contributed by atoms with Gasteiger partial charge < -0.3 is 5.11 Å². The molecule has 3 rings (SSSR count). The third-order valence-electron chi connectivity index (χ3n) is 3.39. The topological polar surface area (TPSA) is 84.6 Å². The number of carboxylic acid groups (broad SMARTS) is 1. The number of aromatic nitrogens is 3. The minimum Gasteiger partial charge on any atom is -0.477 e. The summed E-state index contributed by atoms with van der Waals surface area (Å²) in [6, 6.07) is 0. The first-order chi connectivity index (χ1) is 8.87. The first-order valence-corrected chi connectivity index (χ1v) is 6.01. The predicted octanol–water partition coefficient (Wildman–Crippen LogP) is 1.58. The summed E-state index contributed by atoms with van der Waals surface area (Å²) in [4.78, 5) is 27.5. The van der Waals surface area contributed by atoms with E-state index in [1.54, 1.807) is 6.20 Å². The standard InChI is InChI=1S/C13H13N3O3/c1-13(2)3-9-8(10(17)4-13)6-16-11(15-9)7(5-14-16)12(18)19/h5-6H,3-4H2,1-2H3,(H,18,19). The fraction of sp³-hybridized carbons (Fsp3) is 0.385. The van der Waals surface area contributed by atoms with E-state index < -0.39 is 5.97 Å². The molecule has 0 amide bonds. The molecule has 1 N–H and O–H groups in total. The molecule has 0 spiro atoms. The molecular formula is C13H13N3O3. The average Bonchev–Trinajstić information content (AvgIpc) is 2.68. The predicted molar refractivity (Wildman–Crippen MR) is 66.4 cm³/mol. The Morgan fingerprint density at radius 1 is 1.42 bits per heavy atom. The molecule has 0 aliphatic heterocycles. The number of ketones is 1. The highest BCUT2D eigenvalue weighted by Gasteiger charge is 2.33. The molecule has 2 heterocycles. The Labute approximate surface area is 109 Å². The highest BCUT2D eigenvalue weighted by atomic mass is 16.4. The van der Waals surface area contributed by atoms with Crippen molar-refractivity contribution in [3.05, 3.63) is 29.2 Å². The second-order valence-corrected chi connectivity index (χ2v) is 5.67. The van der Waals surface area contributed by atoms with Crippen molar-refractivity contribution in [2.24, 2.45) is 5.41 Å². The monoisotopic (exact) mass is 259 g/mol. The molecule has 2 aromatic heterocycles. The number of carboxylic acids is 1. The van der Waals surface area contributed by atoms with Gasteiger partial charge in [0.05, 0.1) is 17.5 Å². The van der Waals surface area contributed by atoms with E-state index in [4.69, 9.17) is 5.11 Å². The smallest absolute Gasteiger partial charge is 0.341 e. The highest BCUT2D eigenvalue weighted by Crippen LogP contribution is 2.34. The van der Waals surface area contributed by atoms with Crippen LogP contribution < -0.4 is 0 Å². The summed E-state index contributed by atoms with van der Waals surface area (Å²) in [5.74, 6) is -1.03. The number of Topliss-reactive ketones (excluding diaryl/α,β-unsaturated/α-hetero) is 1. The normalized spacial score (nSPS) is 17.5. The van der Waals surface area contributed by atoms with Crippen LogP contribution in [-0.4, -0.2) is 31.5 Å². The number of aromatic carboxylic acids is 1. The van der Waals surface area contributed by atoms with E-state index in [0.29, 0.717) is 24.1 Å². The second kappa shape index (κ2) is 3.63. The third-order valence-corrected chi connectivity index (χ3v) is 3.39. The van der Waals surface area contributed by atoms with Gasteiger partial charge in [0.15, 0.2) is 11.4 Å². The molecule has 98 valence electrons. The number of hydrogen-bond donors (Lipinski definition) is 1. The Balaban J connectivity index is 2.25. The van der Waals surface area contributed by atoms with Crippen molar-refractivity contribution < 1.29 is 14.7 Å². The van der Waals surface area contributed by atoms with Crippen LogP contribution in [0.1, 0.15) is 46.7 Å². The van der Waals surface area contributed by atoms with Crippen LogP contribution in [0.15, 0.2) is 12.4 Å². The van der Waals surface area contributed by atoms with Crippen molar-refractivity contribution in [1.82, 2.24) is 14.6 Å².